The number of hydrogen-bond acceptors (Lipinski definition) is 3. The van der Waals surface area contributed by atoms with Gasteiger partial charge in [-0.05, 0) is 12.1 Å². The largest absolute Gasteiger partial charge is 0.480 e. The minimum absolute atomic E-state index is 0.0513. The van der Waals surface area contributed by atoms with Gasteiger partial charge in [0.1, 0.15) is 11.4 Å². The van der Waals surface area contributed by atoms with Crippen LogP contribution in [0.15, 0.2) is 29.2 Å². The van der Waals surface area contributed by atoms with Crippen molar-refractivity contribution in [3.8, 4) is 0 Å². The first-order valence-corrected chi connectivity index (χ1v) is 5.75. The molecular weight excluding hydrogens is 242 g/mol. The molecule has 0 aliphatic heterocycles. The van der Waals surface area contributed by atoms with Gasteiger partial charge in [-0.25, -0.2) is 8.42 Å². The fraction of sp³-hybridized carbons (Fsp3) is 0.125. The van der Waals surface area contributed by atoms with Crippen molar-refractivity contribution in [1.82, 2.24) is 4.72 Å². The number of nitrogens with one attached hydrogen (secondary N) is 1. The van der Waals surface area contributed by atoms with Crippen molar-refractivity contribution < 1.29 is 18.3 Å². The van der Waals surface area contributed by atoms with E-state index in [1.165, 1.54) is 18.2 Å². The van der Waals surface area contributed by atoms with Gasteiger partial charge in [-0.15, -0.1) is 0 Å². The average Bonchev–Trinajstić information content (AvgIpc) is 2.15. The van der Waals surface area contributed by atoms with Crippen LogP contribution in [0.5, 0.6) is 0 Å². The summed E-state index contributed by atoms with van der Waals surface area (Å²) in [6, 6.07) is 5.79. The van der Waals surface area contributed by atoms with Crippen LogP contribution < -0.4 is 4.72 Å². The molecule has 0 unspecified atom stereocenters. The number of carboxylic acid groups (broad SMARTS) is 1. The lowest BCUT2D eigenvalue weighted by Gasteiger charge is -2.05. The highest BCUT2D eigenvalue weighted by Gasteiger charge is 2.17. The fourth-order valence-corrected chi connectivity index (χ4v) is 2.39. The van der Waals surface area contributed by atoms with Gasteiger partial charge in [0.2, 0.25) is 10.0 Å². The van der Waals surface area contributed by atoms with E-state index < -0.39 is 22.5 Å². The van der Waals surface area contributed by atoms with Crippen LogP contribution in [0.3, 0.4) is 0 Å². The van der Waals surface area contributed by atoms with Crippen LogP contribution >= 0.6 is 11.6 Å². The molecule has 0 saturated carbocycles. The van der Waals surface area contributed by atoms with Crippen LogP contribution in [0.1, 0.15) is 0 Å². The van der Waals surface area contributed by atoms with E-state index >= 15 is 0 Å². The van der Waals surface area contributed by atoms with E-state index in [1.54, 1.807) is 6.07 Å². The quantitative estimate of drug-likeness (QED) is 0.823. The zero-order chi connectivity index (χ0) is 11.5. The maximum atomic E-state index is 11.5. The van der Waals surface area contributed by atoms with Crippen molar-refractivity contribution in [2.45, 2.75) is 4.90 Å². The van der Waals surface area contributed by atoms with Crippen molar-refractivity contribution in [2.24, 2.45) is 0 Å². The Morgan fingerprint density at radius 3 is 2.53 bits per heavy atom. The topological polar surface area (TPSA) is 83.5 Å². The zero-order valence-corrected chi connectivity index (χ0v) is 9.05. The normalized spacial score (nSPS) is 11.3. The molecule has 1 aromatic rings. The molecule has 15 heavy (non-hydrogen) atoms. The molecule has 0 aromatic heterocycles. The highest BCUT2D eigenvalue weighted by Crippen LogP contribution is 2.19. The summed E-state index contributed by atoms with van der Waals surface area (Å²) in [6.07, 6.45) is 0. The monoisotopic (exact) mass is 249 g/mol. The molecular formula is C8H8ClNO4S. The number of rotatable bonds is 4. The van der Waals surface area contributed by atoms with E-state index in [-0.39, 0.29) is 9.92 Å². The van der Waals surface area contributed by atoms with Gasteiger partial charge in [-0.2, -0.15) is 4.72 Å². The average molecular weight is 250 g/mol. The lowest BCUT2D eigenvalue weighted by molar-refractivity contribution is -0.135. The smallest absolute Gasteiger partial charge is 0.318 e. The third-order valence-corrected chi connectivity index (χ3v) is 3.44. The number of carbonyl (C=O) groups is 1. The van der Waals surface area contributed by atoms with Crippen molar-refractivity contribution in [3.63, 3.8) is 0 Å². The van der Waals surface area contributed by atoms with Gasteiger partial charge in [0.05, 0.1) is 5.02 Å². The highest BCUT2D eigenvalue weighted by atomic mass is 35.5. The molecule has 2 N–H and O–H groups in total. The van der Waals surface area contributed by atoms with E-state index in [2.05, 4.69) is 0 Å². The molecule has 0 atom stereocenters. The number of hydrogen-bond donors (Lipinski definition) is 2. The molecule has 0 bridgehead atoms. The molecule has 1 rings (SSSR count). The maximum Gasteiger partial charge on any atom is 0.318 e. The van der Waals surface area contributed by atoms with Crippen LogP contribution in [0.25, 0.3) is 0 Å². The van der Waals surface area contributed by atoms with Crippen LogP contribution in [-0.2, 0) is 14.8 Å². The second-order valence-electron chi connectivity index (χ2n) is 2.65. The van der Waals surface area contributed by atoms with E-state index in [1.807, 2.05) is 4.72 Å². The Morgan fingerprint density at radius 1 is 1.40 bits per heavy atom. The minimum atomic E-state index is -3.85. The highest BCUT2D eigenvalue weighted by molar-refractivity contribution is 7.89. The lowest BCUT2D eigenvalue weighted by atomic mass is 10.4. The fourth-order valence-electron chi connectivity index (χ4n) is 0.897. The number of sulfonamides is 1. The summed E-state index contributed by atoms with van der Waals surface area (Å²) in [5.74, 6) is -1.26. The van der Waals surface area contributed by atoms with Crippen LogP contribution in [0.4, 0.5) is 0 Å². The first-order chi connectivity index (χ1) is 6.93. The number of halogens is 1. The molecule has 0 radical (unpaired) electrons. The standard InChI is InChI=1S/C8H8ClNO4S/c9-6-3-1-2-4-7(6)15(13,14)10-5-8(11)12/h1-4,10H,5H2,(H,11,12). The van der Waals surface area contributed by atoms with Gasteiger partial charge in [0.15, 0.2) is 0 Å². The first kappa shape index (κ1) is 12.0. The number of carboxylic acids is 1. The van der Waals surface area contributed by atoms with Gasteiger partial charge in [0.25, 0.3) is 0 Å². The zero-order valence-electron chi connectivity index (χ0n) is 7.47. The predicted molar refractivity (Wildman–Crippen MR) is 54.3 cm³/mol. The molecule has 1 aromatic carbocycles. The van der Waals surface area contributed by atoms with E-state index in [0.29, 0.717) is 0 Å². The molecule has 0 spiro atoms. The Balaban J connectivity index is 2.97. The van der Waals surface area contributed by atoms with Gasteiger partial charge >= 0.3 is 5.97 Å². The molecule has 0 heterocycles. The third-order valence-electron chi connectivity index (χ3n) is 1.54. The summed E-state index contributed by atoms with van der Waals surface area (Å²) in [7, 11) is -3.85. The molecule has 0 aliphatic carbocycles. The van der Waals surface area contributed by atoms with Gasteiger partial charge < -0.3 is 5.11 Å². The second-order valence-corrected chi connectivity index (χ2v) is 4.79. The minimum Gasteiger partial charge on any atom is -0.480 e. The van der Waals surface area contributed by atoms with Gasteiger partial charge in [0, 0.05) is 0 Å². The number of benzene rings is 1. The SMILES string of the molecule is O=C(O)CNS(=O)(=O)c1ccccc1Cl. The first-order valence-electron chi connectivity index (χ1n) is 3.89. The summed E-state index contributed by atoms with van der Waals surface area (Å²) >= 11 is 5.66. The molecule has 7 heteroatoms. The molecule has 82 valence electrons. The summed E-state index contributed by atoms with van der Waals surface area (Å²) in [5.41, 5.74) is 0. The Morgan fingerprint density at radius 2 is 2.00 bits per heavy atom. The van der Waals surface area contributed by atoms with E-state index in [4.69, 9.17) is 16.7 Å². The Hall–Kier alpha value is -1.11. The lowest BCUT2D eigenvalue weighted by Crippen LogP contribution is -2.29. The summed E-state index contributed by atoms with van der Waals surface area (Å²) in [6.45, 7) is -0.673. The Labute approximate surface area is 91.7 Å². The predicted octanol–water partition coefficient (Wildman–Crippen LogP) is 0.703. The number of aliphatic carboxylic acids is 1. The van der Waals surface area contributed by atoms with Crippen LogP contribution in [0, 0.1) is 0 Å². The molecule has 0 amide bonds. The Bertz CT molecular complexity index is 471. The van der Waals surface area contributed by atoms with Crippen molar-refractivity contribution in [2.75, 3.05) is 6.54 Å². The van der Waals surface area contributed by atoms with Crippen molar-refractivity contribution in [3.05, 3.63) is 29.3 Å². The molecule has 0 fully saturated rings. The van der Waals surface area contributed by atoms with E-state index in [0.717, 1.165) is 0 Å². The maximum absolute atomic E-state index is 11.5. The molecule has 0 aliphatic rings. The second kappa shape index (κ2) is 4.61. The van der Waals surface area contributed by atoms with Crippen molar-refractivity contribution in [1.29, 1.82) is 0 Å². The van der Waals surface area contributed by atoms with E-state index in [9.17, 15) is 13.2 Å². The summed E-state index contributed by atoms with van der Waals surface area (Å²) in [4.78, 5) is 10.1. The molecule has 5 nitrogen and oxygen atoms in total. The van der Waals surface area contributed by atoms with Gasteiger partial charge in [-0.3, -0.25) is 4.79 Å². The summed E-state index contributed by atoms with van der Waals surface area (Å²) in [5, 5.41) is 8.38. The molecule has 0 saturated heterocycles. The third kappa shape index (κ3) is 3.19. The van der Waals surface area contributed by atoms with Crippen LogP contribution in [0.2, 0.25) is 5.02 Å². The summed E-state index contributed by atoms with van der Waals surface area (Å²) < 4.78 is 24.9. The van der Waals surface area contributed by atoms with Crippen LogP contribution in [-0.4, -0.2) is 26.0 Å². The van der Waals surface area contributed by atoms with Gasteiger partial charge in [-0.1, -0.05) is 23.7 Å². The Kier molecular flexibility index (Phi) is 3.67. The van der Waals surface area contributed by atoms with Crippen molar-refractivity contribution >= 4 is 27.6 Å².